The zero-order valence-corrected chi connectivity index (χ0v) is 8.89. The fourth-order valence-electron chi connectivity index (χ4n) is 2.26. The summed E-state index contributed by atoms with van der Waals surface area (Å²) in [5.74, 6) is 2.11. The topological polar surface area (TPSA) is 35.2 Å². The second-order valence-corrected chi connectivity index (χ2v) is 3.97. The Morgan fingerprint density at radius 2 is 1.38 bits per heavy atom. The minimum Gasteiger partial charge on any atom is -0.457 e. The van der Waals surface area contributed by atoms with Gasteiger partial charge in [-0.2, -0.15) is 0 Å². The number of para-hydroxylation sites is 2. The van der Waals surface area contributed by atoms with Crippen LogP contribution in [0.3, 0.4) is 0 Å². The minimum absolute atomic E-state index is 0.251. The third-order valence-electron chi connectivity index (χ3n) is 3.04. The number of nitrogens with two attached hydrogens (primary N) is 1. The molecule has 80 valence electrons. The molecule has 2 aromatic carbocycles. The predicted octanol–water partition coefficient (Wildman–Crippen LogP) is 2.88. The third kappa shape index (κ3) is 1.31. The lowest BCUT2D eigenvalue weighted by Gasteiger charge is -2.27. The molecule has 0 atom stereocenters. The molecule has 0 saturated heterocycles. The highest BCUT2D eigenvalue weighted by Gasteiger charge is 2.25. The van der Waals surface area contributed by atoms with Crippen molar-refractivity contribution in [3.63, 3.8) is 0 Å². The van der Waals surface area contributed by atoms with Crippen molar-refractivity contribution in [2.24, 2.45) is 5.73 Å². The lowest BCUT2D eigenvalue weighted by molar-refractivity contribution is 0.446. The monoisotopic (exact) mass is 211 g/mol. The number of rotatable bonds is 1. The molecule has 0 saturated carbocycles. The molecule has 0 amide bonds. The van der Waals surface area contributed by atoms with Crippen molar-refractivity contribution in [3.8, 4) is 11.5 Å². The first kappa shape index (κ1) is 9.43. The van der Waals surface area contributed by atoms with Gasteiger partial charge < -0.3 is 10.5 Å². The van der Waals surface area contributed by atoms with E-state index < -0.39 is 0 Å². The van der Waals surface area contributed by atoms with Crippen molar-refractivity contribution in [1.29, 1.82) is 0 Å². The molecule has 2 heteroatoms. The number of hydrogen-bond acceptors (Lipinski definition) is 2. The highest BCUT2D eigenvalue weighted by Crippen LogP contribution is 2.42. The summed E-state index contributed by atoms with van der Waals surface area (Å²) in [5, 5.41) is 0. The van der Waals surface area contributed by atoms with E-state index in [0.717, 1.165) is 11.5 Å². The third-order valence-corrected chi connectivity index (χ3v) is 3.04. The molecule has 0 aromatic heterocycles. The Morgan fingerprint density at radius 1 is 0.875 bits per heavy atom. The summed E-state index contributed by atoms with van der Waals surface area (Å²) in [4.78, 5) is 0. The van der Waals surface area contributed by atoms with Crippen LogP contribution in [-0.2, 0) is 0 Å². The fourth-order valence-corrected chi connectivity index (χ4v) is 2.26. The van der Waals surface area contributed by atoms with E-state index in [2.05, 4.69) is 12.1 Å². The summed E-state index contributed by atoms with van der Waals surface area (Å²) in [6, 6.07) is 16.2. The van der Waals surface area contributed by atoms with Gasteiger partial charge in [0.15, 0.2) is 0 Å². The summed E-state index contributed by atoms with van der Waals surface area (Å²) in [6.45, 7) is 0.609. The number of benzene rings is 2. The highest BCUT2D eigenvalue weighted by atomic mass is 16.5. The first-order chi connectivity index (χ1) is 7.90. The molecule has 0 unspecified atom stereocenters. The van der Waals surface area contributed by atoms with E-state index in [1.54, 1.807) is 0 Å². The van der Waals surface area contributed by atoms with Crippen molar-refractivity contribution in [2.75, 3.05) is 6.54 Å². The molecule has 16 heavy (non-hydrogen) atoms. The van der Waals surface area contributed by atoms with Gasteiger partial charge in [-0.05, 0) is 12.1 Å². The first-order valence-corrected chi connectivity index (χ1v) is 5.46. The van der Waals surface area contributed by atoms with Crippen LogP contribution in [0.15, 0.2) is 48.5 Å². The van der Waals surface area contributed by atoms with E-state index in [-0.39, 0.29) is 5.92 Å². The number of fused-ring (bicyclic) bond motifs is 2. The second kappa shape index (κ2) is 3.65. The molecule has 0 aliphatic carbocycles. The molecule has 0 radical (unpaired) electrons. The maximum Gasteiger partial charge on any atom is 0.131 e. The van der Waals surface area contributed by atoms with Crippen LogP contribution < -0.4 is 10.5 Å². The lowest BCUT2D eigenvalue weighted by Crippen LogP contribution is -2.18. The molecule has 0 spiro atoms. The lowest BCUT2D eigenvalue weighted by atomic mass is 9.88. The Balaban J connectivity index is 2.19. The summed E-state index contributed by atoms with van der Waals surface area (Å²) < 4.78 is 5.85. The first-order valence-electron chi connectivity index (χ1n) is 5.46. The summed E-state index contributed by atoms with van der Waals surface area (Å²) in [6.07, 6.45) is 0. The van der Waals surface area contributed by atoms with Crippen LogP contribution in [0, 0.1) is 0 Å². The van der Waals surface area contributed by atoms with Crippen LogP contribution in [0.4, 0.5) is 0 Å². The average Bonchev–Trinajstić information content (AvgIpc) is 2.36. The van der Waals surface area contributed by atoms with E-state index in [0.29, 0.717) is 6.54 Å². The number of hydrogen-bond donors (Lipinski definition) is 1. The molecule has 2 N–H and O–H groups in total. The van der Waals surface area contributed by atoms with E-state index in [4.69, 9.17) is 10.5 Å². The maximum atomic E-state index is 5.88. The van der Waals surface area contributed by atoms with E-state index in [9.17, 15) is 0 Å². The van der Waals surface area contributed by atoms with E-state index in [1.807, 2.05) is 36.4 Å². The van der Waals surface area contributed by atoms with Crippen molar-refractivity contribution < 1.29 is 4.74 Å². The molecule has 0 bridgehead atoms. The Labute approximate surface area is 94.7 Å². The van der Waals surface area contributed by atoms with Gasteiger partial charge in [-0.1, -0.05) is 36.4 Å². The van der Waals surface area contributed by atoms with E-state index in [1.165, 1.54) is 11.1 Å². The van der Waals surface area contributed by atoms with Crippen LogP contribution >= 0.6 is 0 Å². The zero-order valence-electron chi connectivity index (χ0n) is 8.89. The zero-order chi connectivity index (χ0) is 11.0. The smallest absolute Gasteiger partial charge is 0.131 e. The molecule has 1 aliphatic heterocycles. The Kier molecular flexibility index (Phi) is 2.15. The van der Waals surface area contributed by atoms with Gasteiger partial charge in [0.05, 0.1) is 0 Å². The molecular formula is C14H13NO. The van der Waals surface area contributed by atoms with Crippen LogP contribution in [-0.4, -0.2) is 6.54 Å². The molecule has 2 nitrogen and oxygen atoms in total. The summed E-state index contributed by atoms with van der Waals surface area (Å²) >= 11 is 0. The molecule has 1 aliphatic rings. The Hall–Kier alpha value is -1.80. The van der Waals surface area contributed by atoms with Gasteiger partial charge in [-0.15, -0.1) is 0 Å². The fraction of sp³-hybridized carbons (Fsp3) is 0.143. The van der Waals surface area contributed by atoms with Crippen LogP contribution in [0.2, 0.25) is 0 Å². The SMILES string of the molecule is NCC1c2ccccc2Oc2ccccc21. The molecule has 1 heterocycles. The van der Waals surface area contributed by atoms with Gasteiger partial charge >= 0.3 is 0 Å². The molecule has 3 rings (SSSR count). The average molecular weight is 211 g/mol. The quantitative estimate of drug-likeness (QED) is 0.787. The number of ether oxygens (including phenoxy) is 1. The van der Waals surface area contributed by atoms with Crippen LogP contribution in [0.5, 0.6) is 11.5 Å². The van der Waals surface area contributed by atoms with Crippen LogP contribution in [0.1, 0.15) is 17.0 Å². The van der Waals surface area contributed by atoms with Gasteiger partial charge in [-0.3, -0.25) is 0 Å². The van der Waals surface area contributed by atoms with Crippen molar-refractivity contribution in [3.05, 3.63) is 59.7 Å². The summed E-state index contributed by atoms with van der Waals surface area (Å²) in [5.41, 5.74) is 8.25. The van der Waals surface area contributed by atoms with Gasteiger partial charge in [0, 0.05) is 23.6 Å². The van der Waals surface area contributed by atoms with Gasteiger partial charge in [-0.25, -0.2) is 0 Å². The Morgan fingerprint density at radius 3 is 1.88 bits per heavy atom. The van der Waals surface area contributed by atoms with Crippen molar-refractivity contribution in [2.45, 2.75) is 5.92 Å². The van der Waals surface area contributed by atoms with Crippen molar-refractivity contribution in [1.82, 2.24) is 0 Å². The standard InChI is InChI=1S/C14H13NO/c15-9-12-10-5-1-3-7-13(10)16-14-8-4-2-6-11(12)14/h1-8,12H,9,15H2. The van der Waals surface area contributed by atoms with Gasteiger partial charge in [0.2, 0.25) is 0 Å². The van der Waals surface area contributed by atoms with Gasteiger partial charge in [0.1, 0.15) is 11.5 Å². The predicted molar refractivity (Wildman–Crippen MR) is 63.9 cm³/mol. The van der Waals surface area contributed by atoms with Crippen LogP contribution in [0.25, 0.3) is 0 Å². The van der Waals surface area contributed by atoms with Gasteiger partial charge in [0.25, 0.3) is 0 Å². The largest absolute Gasteiger partial charge is 0.457 e. The van der Waals surface area contributed by atoms with E-state index >= 15 is 0 Å². The normalized spacial score (nSPS) is 13.8. The summed E-state index contributed by atoms with van der Waals surface area (Å²) in [7, 11) is 0. The second-order valence-electron chi connectivity index (χ2n) is 3.97. The minimum atomic E-state index is 0.251. The van der Waals surface area contributed by atoms with Crippen molar-refractivity contribution >= 4 is 0 Å². The Bertz CT molecular complexity index is 476. The molecule has 0 fully saturated rings. The molecular weight excluding hydrogens is 198 g/mol. The highest BCUT2D eigenvalue weighted by molar-refractivity contribution is 5.53. The maximum absolute atomic E-state index is 5.88. The molecule has 2 aromatic rings.